The molecule has 0 aliphatic heterocycles. The molecule has 1 heterocycles. The number of hydrogen-bond acceptors (Lipinski definition) is 4. The zero-order valence-electron chi connectivity index (χ0n) is 10.4. The molecule has 0 spiro atoms. The monoisotopic (exact) mass is 262 g/mol. The van der Waals surface area contributed by atoms with Crippen molar-refractivity contribution in [2.75, 3.05) is 24.3 Å². The van der Waals surface area contributed by atoms with Crippen LogP contribution in [0.4, 0.5) is 11.6 Å². The molecule has 0 unspecified atom stereocenters. The minimum atomic E-state index is 0.751. The van der Waals surface area contributed by atoms with Crippen molar-refractivity contribution in [2.24, 2.45) is 0 Å². The summed E-state index contributed by atoms with van der Waals surface area (Å²) in [5.41, 5.74) is 1.19. The van der Waals surface area contributed by atoms with Crippen LogP contribution in [0, 0.1) is 0 Å². The maximum atomic E-state index is 5.86. The summed E-state index contributed by atoms with van der Waals surface area (Å²) in [6.07, 6.45) is 1.56. The first-order valence-electron chi connectivity index (χ1n) is 5.64. The number of hydrogen-bond donors (Lipinski definition) is 1. The fourth-order valence-corrected chi connectivity index (χ4v) is 1.76. The number of rotatable bonds is 4. The quantitative estimate of drug-likeness (QED) is 0.920. The first-order valence-corrected chi connectivity index (χ1v) is 6.02. The number of anilines is 2. The highest BCUT2D eigenvalue weighted by atomic mass is 35.5. The standard InChI is InChI=1S/C13H15ClN4/c1-15-12-7-13(17-9-16-12)18(2)8-10-3-5-11(14)6-4-10/h3-7,9H,8H2,1-2H3,(H,15,16,17). The molecular formula is C13H15ClN4. The lowest BCUT2D eigenvalue weighted by molar-refractivity contribution is 0.891. The van der Waals surface area contributed by atoms with Gasteiger partial charge >= 0.3 is 0 Å². The van der Waals surface area contributed by atoms with Crippen molar-refractivity contribution in [1.29, 1.82) is 0 Å². The highest BCUT2D eigenvalue weighted by Crippen LogP contribution is 2.16. The van der Waals surface area contributed by atoms with Gasteiger partial charge in [-0.3, -0.25) is 0 Å². The Morgan fingerprint density at radius 1 is 1.22 bits per heavy atom. The molecule has 1 aromatic carbocycles. The van der Waals surface area contributed by atoms with Crippen LogP contribution in [-0.4, -0.2) is 24.1 Å². The van der Waals surface area contributed by atoms with Gasteiger partial charge in [-0.15, -0.1) is 0 Å². The summed E-state index contributed by atoms with van der Waals surface area (Å²) in [6.45, 7) is 0.775. The minimum absolute atomic E-state index is 0.751. The maximum Gasteiger partial charge on any atom is 0.134 e. The van der Waals surface area contributed by atoms with Gasteiger partial charge in [-0.1, -0.05) is 23.7 Å². The first kappa shape index (κ1) is 12.6. The van der Waals surface area contributed by atoms with Crippen LogP contribution in [0.25, 0.3) is 0 Å². The molecule has 0 bridgehead atoms. The third-order valence-corrected chi connectivity index (χ3v) is 2.88. The third-order valence-electron chi connectivity index (χ3n) is 2.63. The number of nitrogens with zero attached hydrogens (tertiary/aromatic N) is 3. The van der Waals surface area contributed by atoms with Gasteiger partial charge in [-0.05, 0) is 17.7 Å². The second kappa shape index (κ2) is 5.69. The normalized spacial score (nSPS) is 10.2. The lowest BCUT2D eigenvalue weighted by Crippen LogP contribution is -2.17. The summed E-state index contributed by atoms with van der Waals surface area (Å²) in [5.74, 6) is 1.69. The highest BCUT2D eigenvalue weighted by molar-refractivity contribution is 6.30. The Labute approximate surface area is 112 Å². The summed E-state index contributed by atoms with van der Waals surface area (Å²) >= 11 is 5.86. The zero-order valence-corrected chi connectivity index (χ0v) is 11.1. The molecule has 2 aromatic rings. The highest BCUT2D eigenvalue weighted by Gasteiger charge is 2.04. The summed E-state index contributed by atoms with van der Waals surface area (Å²) < 4.78 is 0. The fourth-order valence-electron chi connectivity index (χ4n) is 1.64. The average molecular weight is 263 g/mol. The van der Waals surface area contributed by atoms with Crippen LogP contribution in [0.1, 0.15) is 5.56 Å². The van der Waals surface area contributed by atoms with E-state index in [1.54, 1.807) is 6.33 Å². The van der Waals surface area contributed by atoms with Crippen molar-refractivity contribution in [3.8, 4) is 0 Å². The molecule has 0 radical (unpaired) electrons. The lowest BCUT2D eigenvalue weighted by atomic mass is 10.2. The molecule has 0 aliphatic carbocycles. The average Bonchev–Trinajstić information content (AvgIpc) is 2.41. The smallest absolute Gasteiger partial charge is 0.134 e. The molecule has 0 saturated heterocycles. The topological polar surface area (TPSA) is 41.0 Å². The van der Waals surface area contributed by atoms with Crippen LogP contribution < -0.4 is 10.2 Å². The van der Waals surface area contributed by atoms with E-state index in [0.29, 0.717) is 0 Å². The molecule has 0 amide bonds. The summed E-state index contributed by atoms with van der Waals surface area (Å²) in [4.78, 5) is 10.4. The van der Waals surface area contributed by atoms with Gasteiger partial charge in [0, 0.05) is 31.7 Å². The molecular weight excluding hydrogens is 248 g/mol. The van der Waals surface area contributed by atoms with Gasteiger partial charge in [0.05, 0.1) is 0 Å². The molecule has 4 nitrogen and oxygen atoms in total. The predicted molar refractivity (Wildman–Crippen MR) is 75.1 cm³/mol. The van der Waals surface area contributed by atoms with Crippen LogP contribution in [0.2, 0.25) is 5.02 Å². The number of benzene rings is 1. The molecule has 0 atom stereocenters. The van der Waals surface area contributed by atoms with Crippen molar-refractivity contribution in [1.82, 2.24) is 9.97 Å². The van der Waals surface area contributed by atoms with E-state index in [2.05, 4.69) is 20.2 Å². The van der Waals surface area contributed by atoms with Gasteiger partial charge in [0.1, 0.15) is 18.0 Å². The fraction of sp³-hybridized carbons (Fsp3) is 0.231. The Morgan fingerprint density at radius 2 is 1.94 bits per heavy atom. The van der Waals surface area contributed by atoms with E-state index in [1.165, 1.54) is 5.56 Å². The van der Waals surface area contributed by atoms with Crippen LogP contribution >= 0.6 is 11.6 Å². The van der Waals surface area contributed by atoms with Gasteiger partial charge in [0.25, 0.3) is 0 Å². The van der Waals surface area contributed by atoms with Crippen LogP contribution in [0.15, 0.2) is 36.7 Å². The van der Waals surface area contributed by atoms with Crippen LogP contribution in [0.3, 0.4) is 0 Å². The van der Waals surface area contributed by atoms with Crippen molar-refractivity contribution in [2.45, 2.75) is 6.54 Å². The van der Waals surface area contributed by atoms with Crippen molar-refractivity contribution in [3.05, 3.63) is 47.2 Å². The molecule has 0 saturated carbocycles. The van der Waals surface area contributed by atoms with E-state index in [4.69, 9.17) is 11.6 Å². The Balaban J connectivity index is 2.11. The minimum Gasteiger partial charge on any atom is -0.373 e. The van der Waals surface area contributed by atoms with E-state index < -0.39 is 0 Å². The van der Waals surface area contributed by atoms with E-state index in [1.807, 2.05) is 44.4 Å². The molecule has 5 heteroatoms. The Kier molecular flexibility index (Phi) is 3.99. The number of halogens is 1. The summed E-state index contributed by atoms with van der Waals surface area (Å²) in [5, 5.41) is 3.75. The van der Waals surface area contributed by atoms with Gasteiger partial charge in [-0.2, -0.15) is 0 Å². The molecule has 0 aliphatic rings. The number of nitrogens with one attached hydrogen (secondary N) is 1. The van der Waals surface area contributed by atoms with E-state index in [-0.39, 0.29) is 0 Å². The molecule has 0 fully saturated rings. The van der Waals surface area contributed by atoms with E-state index in [9.17, 15) is 0 Å². The van der Waals surface area contributed by atoms with Crippen molar-refractivity contribution in [3.63, 3.8) is 0 Å². The van der Waals surface area contributed by atoms with E-state index >= 15 is 0 Å². The molecule has 2 rings (SSSR count). The number of aromatic nitrogens is 2. The molecule has 1 aromatic heterocycles. The van der Waals surface area contributed by atoms with Crippen molar-refractivity contribution < 1.29 is 0 Å². The van der Waals surface area contributed by atoms with Gasteiger partial charge in [0.2, 0.25) is 0 Å². The van der Waals surface area contributed by atoms with Crippen molar-refractivity contribution >= 4 is 23.2 Å². The van der Waals surface area contributed by atoms with Gasteiger partial charge in [-0.25, -0.2) is 9.97 Å². The molecule has 18 heavy (non-hydrogen) atoms. The molecule has 94 valence electrons. The maximum absolute atomic E-state index is 5.86. The van der Waals surface area contributed by atoms with Crippen LogP contribution in [-0.2, 0) is 6.54 Å². The lowest BCUT2D eigenvalue weighted by Gasteiger charge is -2.18. The summed E-state index contributed by atoms with van der Waals surface area (Å²) in [6, 6.07) is 9.72. The van der Waals surface area contributed by atoms with Gasteiger partial charge < -0.3 is 10.2 Å². The SMILES string of the molecule is CNc1cc(N(C)Cc2ccc(Cl)cc2)ncn1. The zero-order chi connectivity index (χ0) is 13.0. The second-order valence-corrected chi connectivity index (χ2v) is 4.43. The summed E-state index contributed by atoms with van der Waals surface area (Å²) in [7, 11) is 3.84. The van der Waals surface area contributed by atoms with Gasteiger partial charge in [0.15, 0.2) is 0 Å². The Morgan fingerprint density at radius 3 is 2.61 bits per heavy atom. The first-order chi connectivity index (χ1) is 8.69. The predicted octanol–water partition coefficient (Wildman–Crippen LogP) is 2.81. The third kappa shape index (κ3) is 3.11. The largest absolute Gasteiger partial charge is 0.373 e. The Hall–Kier alpha value is -1.81. The van der Waals surface area contributed by atoms with E-state index in [0.717, 1.165) is 23.2 Å². The molecule has 1 N–H and O–H groups in total. The van der Waals surface area contributed by atoms with Crippen LogP contribution in [0.5, 0.6) is 0 Å². The Bertz CT molecular complexity index is 513. The second-order valence-electron chi connectivity index (χ2n) is 3.99.